The SMILES string of the molecule is CCCCCCCCCCCCC(=S)SC(C)(C)C(=O)OCC#N.NC(=S)Oc1ccccc1.OC=S. The molecule has 0 aliphatic rings. The van der Waals surface area contributed by atoms with Gasteiger partial charge in [0.2, 0.25) is 0 Å². The van der Waals surface area contributed by atoms with Gasteiger partial charge in [0.05, 0.1) is 0 Å². The number of aliphatic hydroxyl groups is 1. The van der Waals surface area contributed by atoms with E-state index in [4.69, 9.17) is 37.8 Å². The number of benzene rings is 1. The van der Waals surface area contributed by atoms with Gasteiger partial charge in [-0.05, 0) is 63.3 Å². The molecule has 0 unspecified atom stereocenters. The lowest BCUT2D eigenvalue weighted by Gasteiger charge is -2.21. The molecule has 0 amide bonds. The summed E-state index contributed by atoms with van der Waals surface area (Å²) in [6.45, 7) is 5.64. The Balaban J connectivity index is 0. The van der Waals surface area contributed by atoms with Crippen molar-refractivity contribution < 1.29 is 19.4 Å². The predicted octanol–water partition coefficient (Wildman–Crippen LogP) is 8.01. The summed E-state index contributed by atoms with van der Waals surface area (Å²) in [5, 5.41) is 15.8. The summed E-state index contributed by atoms with van der Waals surface area (Å²) >= 11 is 15.1. The lowest BCUT2D eigenvalue weighted by atomic mass is 10.1. The molecule has 3 N–H and O–H groups in total. The minimum absolute atomic E-state index is 0.0474. The zero-order valence-electron chi connectivity index (χ0n) is 22.3. The number of esters is 1. The van der Waals surface area contributed by atoms with Gasteiger partial charge in [-0.15, -0.1) is 11.8 Å². The van der Waals surface area contributed by atoms with Gasteiger partial charge >= 0.3 is 5.97 Å². The number of thiocarbonyl (C=S) groups is 3. The van der Waals surface area contributed by atoms with Crippen LogP contribution in [-0.2, 0) is 9.53 Å². The number of carbonyl (C=O) groups is 1. The van der Waals surface area contributed by atoms with Crippen molar-refractivity contribution in [3.8, 4) is 11.8 Å². The van der Waals surface area contributed by atoms with E-state index in [1.54, 1.807) is 26.0 Å². The number of hydrogen-bond donors (Lipinski definition) is 2. The molecule has 0 saturated heterocycles. The quantitative estimate of drug-likeness (QED) is 0.119. The number of carbonyl (C=O) groups excluding carboxylic acids is 1. The summed E-state index contributed by atoms with van der Waals surface area (Å²) in [4.78, 5) is 11.8. The lowest BCUT2D eigenvalue weighted by molar-refractivity contribution is -0.144. The van der Waals surface area contributed by atoms with E-state index in [-0.39, 0.29) is 17.8 Å². The molecule has 0 radical (unpaired) electrons. The molecular formula is C27H42N2O4S4. The highest BCUT2D eigenvalue weighted by molar-refractivity contribution is 8.24. The Morgan fingerprint density at radius 2 is 1.54 bits per heavy atom. The van der Waals surface area contributed by atoms with Crippen LogP contribution in [0.2, 0.25) is 0 Å². The van der Waals surface area contributed by atoms with E-state index >= 15 is 0 Å². The van der Waals surface area contributed by atoms with E-state index in [1.807, 2.05) is 24.3 Å². The number of hydrogen-bond acceptors (Lipinski definition) is 8. The van der Waals surface area contributed by atoms with Crippen LogP contribution in [-0.4, -0.2) is 37.4 Å². The van der Waals surface area contributed by atoms with Crippen LogP contribution in [0.15, 0.2) is 30.3 Å². The Hall–Kier alpha value is -1.80. The van der Waals surface area contributed by atoms with Gasteiger partial charge in [-0.25, -0.2) is 0 Å². The second-order valence-corrected chi connectivity index (χ2v) is 11.6. The molecule has 0 aliphatic carbocycles. The second-order valence-electron chi connectivity index (χ2n) is 8.49. The molecular weight excluding hydrogens is 545 g/mol. The van der Waals surface area contributed by atoms with E-state index in [0.29, 0.717) is 11.3 Å². The monoisotopic (exact) mass is 586 g/mol. The lowest BCUT2D eigenvalue weighted by Crippen LogP contribution is -2.31. The molecule has 208 valence electrons. The highest BCUT2D eigenvalue weighted by Crippen LogP contribution is 2.29. The smallest absolute Gasteiger partial charge is 0.323 e. The molecule has 0 fully saturated rings. The summed E-state index contributed by atoms with van der Waals surface area (Å²) < 4.78 is 9.94. The number of aliphatic hydroxyl groups excluding tert-OH is 1. The molecule has 37 heavy (non-hydrogen) atoms. The average molecular weight is 587 g/mol. The topological polar surface area (TPSA) is 106 Å². The third-order valence-electron chi connectivity index (χ3n) is 4.82. The van der Waals surface area contributed by atoms with Crippen molar-refractivity contribution in [3.05, 3.63) is 30.3 Å². The molecule has 1 aromatic carbocycles. The standard InChI is InChI=1S/C19H33NO2S2.C7H7NOS.CH2OS/c1-4-5-6-7-8-9-10-11-12-13-14-17(23)24-19(2,3)18(21)22-16-15-20;8-7(10)9-6-4-2-1-3-5-6;2-1-3/h4-14,16H2,1-3H3;1-5H,(H2,8,10);1H,(H,2,3). The molecule has 0 atom stereocenters. The maximum absolute atomic E-state index is 11.8. The fourth-order valence-electron chi connectivity index (χ4n) is 3.01. The van der Waals surface area contributed by atoms with Gasteiger partial charge < -0.3 is 20.3 Å². The van der Waals surface area contributed by atoms with E-state index in [1.165, 1.54) is 69.5 Å². The van der Waals surface area contributed by atoms with Gasteiger partial charge in [-0.2, -0.15) is 5.26 Å². The molecule has 0 aliphatic heterocycles. The summed E-state index contributed by atoms with van der Waals surface area (Å²) in [5.74, 6) is 0.300. The number of thioether (sulfide) groups is 1. The number of nitrogens with two attached hydrogens (primary N) is 1. The summed E-state index contributed by atoms with van der Waals surface area (Å²) in [5.41, 5.74) is 5.72. The van der Waals surface area contributed by atoms with Crippen molar-refractivity contribution in [2.75, 3.05) is 6.61 Å². The first-order valence-electron chi connectivity index (χ1n) is 12.5. The van der Waals surface area contributed by atoms with Gasteiger partial charge in [-0.1, -0.05) is 95.1 Å². The normalized spacial score (nSPS) is 9.89. The second kappa shape index (κ2) is 25.8. The van der Waals surface area contributed by atoms with Crippen LogP contribution in [0, 0.1) is 11.3 Å². The van der Waals surface area contributed by atoms with Crippen molar-refractivity contribution in [2.45, 2.75) is 96.1 Å². The van der Waals surface area contributed by atoms with Gasteiger partial charge in [0.25, 0.3) is 5.17 Å². The maximum Gasteiger partial charge on any atom is 0.323 e. The van der Waals surface area contributed by atoms with Crippen LogP contribution in [0.25, 0.3) is 0 Å². The Morgan fingerprint density at radius 3 is 2.00 bits per heavy atom. The number of rotatable bonds is 15. The Kier molecular flexibility index (Phi) is 26.1. The Labute approximate surface area is 243 Å². The van der Waals surface area contributed by atoms with Gasteiger partial charge in [0.1, 0.15) is 22.1 Å². The molecule has 1 rings (SSSR count). The zero-order valence-corrected chi connectivity index (χ0v) is 25.5. The van der Waals surface area contributed by atoms with E-state index in [9.17, 15) is 4.79 Å². The number of para-hydroxylation sites is 1. The van der Waals surface area contributed by atoms with E-state index < -0.39 is 4.75 Å². The van der Waals surface area contributed by atoms with E-state index in [2.05, 4.69) is 31.4 Å². The largest absolute Gasteiger partial charge is 0.504 e. The maximum atomic E-state index is 11.8. The Morgan fingerprint density at radius 1 is 1.05 bits per heavy atom. The Bertz CT molecular complexity index is 799. The summed E-state index contributed by atoms with van der Waals surface area (Å²) in [6, 6.07) is 11.0. The van der Waals surface area contributed by atoms with Crippen molar-refractivity contribution in [2.24, 2.45) is 5.73 Å². The average Bonchev–Trinajstić information content (AvgIpc) is 2.84. The highest BCUT2D eigenvalue weighted by Gasteiger charge is 2.31. The molecule has 6 nitrogen and oxygen atoms in total. The highest BCUT2D eigenvalue weighted by atomic mass is 32.2. The van der Waals surface area contributed by atoms with Crippen LogP contribution in [0.3, 0.4) is 0 Å². The molecule has 0 saturated carbocycles. The van der Waals surface area contributed by atoms with Crippen molar-refractivity contribution >= 4 is 69.3 Å². The fourth-order valence-corrected chi connectivity index (χ4v) is 4.83. The predicted molar refractivity (Wildman–Crippen MR) is 167 cm³/mol. The number of nitriles is 1. The minimum atomic E-state index is -0.716. The van der Waals surface area contributed by atoms with Crippen LogP contribution >= 0.6 is 48.4 Å². The number of unbranched alkanes of at least 4 members (excludes halogenated alkanes) is 9. The first-order valence-corrected chi connectivity index (χ1v) is 14.6. The van der Waals surface area contributed by atoms with Crippen LogP contribution in [0.4, 0.5) is 0 Å². The minimum Gasteiger partial charge on any atom is -0.504 e. The third-order valence-corrected chi connectivity index (χ3v) is 6.47. The molecule has 0 bridgehead atoms. The molecule has 0 spiro atoms. The zero-order chi connectivity index (χ0) is 28.4. The van der Waals surface area contributed by atoms with E-state index in [0.717, 1.165) is 17.0 Å². The van der Waals surface area contributed by atoms with Crippen LogP contribution in [0.5, 0.6) is 5.75 Å². The number of nitrogens with zero attached hydrogens (tertiary/aromatic N) is 1. The first-order chi connectivity index (χ1) is 17.6. The first kappa shape index (κ1) is 37.4. The molecule has 1 aromatic rings. The number of ether oxygens (including phenoxy) is 2. The molecule has 0 heterocycles. The summed E-state index contributed by atoms with van der Waals surface area (Å²) in [6.07, 6.45) is 13.9. The van der Waals surface area contributed by atoms with Gasteiger partial charge in [0.15, 0.2) is 6.61 Å². The van der Waals surface area contributed by atoms with Crippen LogP contribution < -0.4 is 10.5 Å². The third kappa shape index (κ3) is 25.6. The molecule has 10 heteroatoms. The molecule has 0 aromatic heterocycles. The van der Waals surface area contributed by atoms with Crippen LogP contribution in [0.1, 0.15) is 91.4 Å². The van der Waals surface area contributed by atoms with Crippen molar-refractivity contribution in [1.29, 1.82) is 5.26 Å². The van der Waals surface area contributed by atoms with Gasteiger partial charge in [-0.3, -0.25) is 4.79 Å². The van der Waals surface area contributed by atoms with Crippen molar-refractivity contribution in [3.63, 3.8) is 0 Å². The fraction of sp³-hybridized carbons (Fsp3) is 0.593. The van der Waals surface area contributed by atoms with Crippen molar-refractivity contribution in [1.82, 2.24) is 0 Å². The van der Waals surface area contributed by atoms with Gasteiger partial charge in [0, 0.05) is 4.20 Å². The summed E-state index contributed by atoms with van der Waals surface area (Å²) in [7, 11) is 0.